The number of hydrogen-bond donors (Lipinski definition) is 0. The van der Waals surface area contributed by atoms with Crippen molar-refractivity contribution in [3.63, 3.8) is 0 Å². The normalized spacial score (nSPS) is 13.5. The minimum atomic E-state index is -0.189. The van der Waals surface area contributed by atoms with E-state index < -0.39 is 0 Å². The van der Waals surface area contributed by atoms with Gasteiger partial charge in [0.2, 0.25) is 0 Å². The van der Waals surface area contributed by atoms with Gasteiger partial charge in [-0.1, -0.05) is 159 Å². The van der Waals surface area contributed by atoms with Crippen molar-refractivity contribution in [2.24, 2.45) is 0 Å². The second-order valence-electron chi connectivity index (χ2n) is 12.4. The molecule has 0 radical (unpaired) electrons. The smallest absolute Gasteiger partial charge is 0.0171 e. The topological polar surface area (TPSA) is 0 Å². The molecule has 0 unspecified atom stereocenters. The average Bonchev–Trinajstić information content (AvgIpc) is 3.31. The van der Waals surface area contributed by atoms with Gasteiger partial charge in [-0.05, 0) is 87.6 Å². The third-order valence-electron chi connectivity index (χ3n) is 9.78. The molecule has 43 heavy (non-hydrogen) atoms. The van der Waals surface area contributed by atoms with Crippen molar-refractivity contribution in [1.29, 1.82) is 0 Å². The maximum Gasteiger partial charge on any atom is 0.0171 e. The Bertz CT molecular complexity index is 2350. The lowest BCUT2D eigenvalue weighted by Gasteiger charge is -2.27. The summed E-state index contributed by atoms with van der Waals surface area (Å²) in [5, 5.41) is 10.6. The molecule has 8 aromatic carbocycles. The molecule has 0 fully saturated rings. The first-order chi connectivity index (χ1) is 21.1. The first-order valence-corrected chi connectivity index (χ1v) is 15.2. The van der Waals surface area contributed by atoms with Crippen LogP contribution < -0.4 is 0 Å². The largest absolute Gasteiger partial charge is 0.0622 e. The van der Waals surface area contributed by atoms with Crippen LogP contribution in [0, 0.1) is 0 Å². The maximum absolute atomic E-state index is 2.44. The first-order valence-electron chi connectivity index (χ1n) is 15.2. The molecule has 1 aliphatic carbocycles. The molecular formula is C43H30. The second-order valence-corrected chi connectivity index (χ2v) is 12.4. The molecule has 0 heterocycles. The van der Waals surface area contributed by atoms with E-state index in [1.807, 2.05) is 0 Å². The Kier molecular flexibility index (Phi) is 5.05. The fourth-order valence-electron chi connectivity index (χ4n) is 8.17. The van der Waals surface area contributed by atoms with Crippen molar-refractivity contribution in [3.05, 3.63) is 157 Å². The molecule has 0 heteroatoms. The van der Waals surface area contributed by atoms with Gasteiger partial charge in [0.05, 0.1) is 0 Å². The minimum Gasteiger partial charge on any atom is -0.0622 e. The lowest BCUT2D eigenvalue weighted by atomic mass is 9.75. The Labute approximate surface area is 251 Å². The van der Waals surface area contributed by atoms with E-state index in [0.717, 1.165) is 0 Å². The summed E-state index contributed by atoms with van der Waals surface area (Å²) in [5.41, 5.74) is 10.7. The minimum absolute atomic E-state index is 0.189. The van der Waals surface area contributed by atoms with Gasteiger partial charge in [0.15, 0.2) is 0 Å². The third-order valence-corrected chi connectivity index (χ3v) is 9.78. The van der Waals surface area contributed by atoms with Gasteiger partial charge in [-0.15, -0.1) is 0 Å². The van der Waals surface area contributed by atoms with Crippen molar-refractivity contribution in [3.8, 4) is 33.4 Å². The number of rotatable bonds is 2. The van der Waals surface area contributed by atoms with E-state index in [1.54, 1.807) is 0 Å². The molecule has 8 aromatic rings. The first kappa shape index (κ1) is 24.4. The summed E-state index contributed by atoms with van der Waals surface area (Å²) < 4.78 is 0. The van der Waals surface area contributed by atoms with Crippen LogP contribution >= 0.6 is 0 Å². The molecule has 0 nitrogen and oxygen atoms in total. The molecule has 0 bridgehead atoms. The molecule has 0 saturated carbocycles. The van der Waals surface area contributed by atoms with E-state index in [1.165, 1.54) is 87.6 Å². The van der Waals surface area contributed by atoms with Crippen LogP contribution in [0.1, 0.15) is 25.0 Å². The Morgan fingerprint density at radius 2 is 0.698 bits per heavy atom. The van der Waals surface area contributed by atoms with Crippen LogP contribution in [0.5, 0.6) is 0 Å². The Balaban J connectivity index is 1.45. The lowest BCUT2D eigenvalue weighted by Crippen LogP contribution is -2.17. The summed E-state index contributed by atoms with van der Waals surface area (Å²) in [4.78, 5) is 0. The van der Waals surface area contributed by atoms with Crippen LogP contribution in [0.15, 0.2) is 146 Å². The molecule has 0 amide bonds. The second kappa shape index (κ2) is 8.90. The predicted molar refractivity (Wildman–Crippen MR) is 185 cm³/mol. The summed E-state index contributed by atoms with van der Waals surface area (Å²) >= 11 is 0. The average molecular weight is 547 g/mol. The standard InChI is InChI=1S/C43H30/c1-43(2)41-36(25-14-26-37(41)40-30-19-8-6-17-28(30)29-18-7-13-24-35(29)42(40)43)39-33-22-11-9-20-31(33)38(27-15-4-3-5-16-27)32-21-10-12-23-34(32)39/h3-26H,1-2H3. The molecule has 0 atom stereocenters. The Hall–Kier alpha value is -5.20. The van der Waals surface area contributed by atoms with Crippen molar-refractivity contribution in [2.75, 3.05) is 0 Å². The predicted octanol–water partition coefficient (Wildman–Crippen LogP) is 11.9. The van der Waals surface area contributed by atoms with Gasteiger partial charge in [-0.3, -0.25) is 0 Å². The SMILES string of the molecule is CC1(C)c2c(-c3c4ccccc4c(-c4ccccc4)c4ccccc34)cccc2-c2c1c1ccccc1c1ccccc21. The zero-order valence-corrected chi connectivity index (χ0v) is 24.4. The molecule has 1 aliphatic rings. The lowest BCUT2D eigenvalue weighted by molar-refractivity contribution is 0.668. The molecule has 0 aliphatic heterocycles. The van der Waals surface area contributed by atoms with E-state index in [-0.39, 0.29) is 5.41 Å². The van der Waals surface area contributed by atoms with Gasteiger partial charge in [0.25, 0.3) is 0 Å². The van der Waals surface area contributed by atoms with Crippen LogP contribution in [0.2, 0.25) is 0 Å². The monoisotopic (exact) mass is 546 g/mol. The highest BCUT2D eigenvalue weighted by molar-refractivity contribution is 6.23. The fourth-order valence-corrected chi connectivity index (χ4v) is 8.17. The van der Waals surface area contributed by atoms with Crippen LogP contribution in [0.25, 0.3) is 76.5 Å². The number of hydrogen-bond acceptors (Lipinski definition) is 0. The summed E-state index contributed by atoms with van der Waals surface area (Å²) in [7, 11) is 0. The van der Waals surface area contributed by atoms with Gasteiger partial charge in [0, 0.05) is 5.41 Å². The van der Waals surface area contributed by atoms with Crippen LogP contribution in [0.3, 0.4) is 0 Å². The van der Waals surface area contributed by atoms with E-state index in [9.17, 15) is 0 Å². The Morgan fingerprint density at radius 3 is 1.26 bits per heavy atom. The molecular weight excluding hydrogens is 516 g/mol. The van der Waals surface area contributed by atoms with Gasteiger partial charge in [0.1, 0.15) is 0 Å². The number of benzene rings is 8. The molecule has 0 N–H and O–H groups in total. The van der Waals surface area contributed by atoms with Crippen LogP contribution in [0.4, 0.5) is 0 Å². The number of fused-ring (bicyclic) bond motifs is 10. The van der Waals surface area contributed by atoms with Crippen molar-refractivity contribution in [1.82, 2.24) is 0 Å². The Morgan fingerprint density at radius 1 is 0.302 bits per heavy atom. The highest BCUT2D eigenvalue weighted by atomic mass is 14.4. The van der Waals surface area contributed by atoms with E-state index >= 15 is 0 Å². The van der Waals surface area contributed by atoms with E-state index in [4.69, 9.17) is 0 Å². The maximum atomic E-state index is 2.44. The summed E-state index contributed by atoms with van der Waals surface area (Å²) in [5.74, 6) is 0. The van der Waals surface area contributed by atoms with Gasteiger partial charge >= 0.3 is 0 Å². The van der Waals surface area contributed by atoms with Crippen LogP contribution in [-0.4, -0.2) is 0 Å². The van der Waals surface area contributed by atoms with Crippen molar-refractivity contribution < 1.29 is 0 Å². The molecule has 202 valence electrons. The molecule has 0 spiro atoms. The van der Waals surface area contributed by atoms with E-state index in [0.29, 0.717) is 0 Å². The van der Waals surface area contributed by atoms with Crippen molar-refractivity contribution >= 4 is 43.1 Å². The molecule has 0 aromatic heterocycles. The zero-order valence-electron chi connectivity index (χ0n) is 24.4. The van der Waals surface area contributed by atoms with Gasteiger partial charge in [-0.25, -0.2) is 0 Å². The highest BCUT2D eigenvalue weighted by Gasteiger charge is 2.40. The zero-order chi connectivity index (χ0) is 28.7. The molecule has 0 saturated heterocycles. The van der Waals surface area contributed by atoms with Crippen LogP contribution in [-0.2, 0) is 5.41 Å². The fraction of sp³-hybridized carbons (Fsp3) is 0.0698. The summed E-state index contributed by atoms with van der Waals surface area (Å²) in [6, 6.07) is 53.8. The van der Waals surface area contributed by atoms with E-state index in [2.05, 4.69) is 159 Å². The van der Waals surface area contributed by atoms with Gasteiger partial charge < -0.3 is 0 Å². The third kappa shape index (κ3) is 3.27. The summed E-state index contributed by atoms with van der Waals surface area (Å²) in [6.07, 6.45) is 0. The van der Waals surface area contributed by atoms with Gasteiger partial charge in [-0.2, -0.15) is 0 Å². The highest BCUT2D eigenvalue weighted by Crippen LogP contribution is 2.58. The summed E-state index contributed by atoms with van der Waals surface area (Å²) in [6.45, 7) is 4.87. The quantitative estimate of drug-likeness (QED) is 0.149. The molecule has 9 rings (SSSR count). The van der Waals surface area contributed by atoms with Crippen molar-refractivity contribution in [2.45, 2.75) is 19.3 Å².